The van der Waals surface area contributed by atoms with Crippen molar-refractivity contribution in [3.63, 3.8) is 0 Å². The Bertz CT molecular complexity index is 756. The molecule has 0 radical (unpaired) electrons. The largest absolute Gasteiger partial charge is 0.368 e. The maximum Gasteiger partial charge on any atom is 0.173 e. The molecule has 4 heteroatoms. The van der Waals surface area contributed by atoms with Crippen LogP contribution in [0.1, 0.15) is 22.3 Å². The molecule has 1 aliphatic heterocycles. The summed E-state index contributed by atoms with van der Waals surface area (Å²) >= 11 is 5.67. The minimum Gasteiger partial charge on any atom is -0.368 e. The molecule has 0 aliphatic carbocycles. The molecule has 2 aromatic rings. The van der Waals surface area contributed by atoms with E-state index in [1.807, 2.05) is 0 Å². The molecule has 3 rings (SSSR count). The first-order valence-electron chi connectivity index (χ1n) is 8.90. The molecule has 1 aliphatic rings. The van der Waals surface area contributed by atoms with E-state index in [-0.39, 0.29) is 0 Å². The quantitative estimate of drug-likeness (QED) is 0.804. The van der Waals surface area contributed by atoms with Crippen LogP contribution >= 0.6 is 12.2 Å². The summed E-state index contributed by atoms with van der Waals surface area (Å²) in [5.74, 6) is 0. The lowest BCUT2D eigenvalue weighted by Gasteiger charge is -2.38. The summed E-state index contributed by atoms with van der Waals surface area (Å²) < 4.78 is 0. The van der Waals surface area contributed by atoms with E-state index in [1.54, 1.807) is 0 Å². The highest BCUT2D eigenvalue weighted by Crippen LogP contribution is 2.24. The van der Waals surface area contributed by atoms with Crippen LogP contribution in [-0.4, -0.2) is 36.2 Å². The number of thiocarbonyl (C=S) groups is 1. The Hall–Kier alpha value is -2.07. The summed E-state index contributed by atoms with van der Waals surface area (Å²) in [6.45, 7) is 12.5. The van der Waals surface area contributed by atoms with E-state index < -0.39 is 0 Å². The van der Waals surface area contributed by atoms with E-state index in [9.17, 15) is 0 Å². The molecule has 1 heterocycles. The number of benzene rings is 2. The van der Waals surface area contributed by atoms with Crippen molar-refractivity contribution in [3.05, 3.63) is 58.7 Å². The van der Waals surface area contributed by atoms with E-state index in [0.29, 0.717) is 0 Å². The van der Waals surface area contributed by atoms with Gasteiger partial charge in [0.25, 0.3) is 0 Å². The molecule has 0 amide bonds. The van der Waals surface area contributed by atoms with Gasteiger partial charge in [0.1, 0.15) is 0 Å². The third-order valence-electron chi connectivity index (χ3n) is 5.20. The summed E-state index contributed by atoms with van der Waals surface area (Å²) in [5.41, 5.74) is 7.70. The van der Waals surface area contributed by atoms with Crippen LogP contribution in [0.3, 0.4) is 0 Å². The van der Waals surface area contributed by atoms with Gasteiger partial charge in [-0.3, -0.25) is 0 Å². The molecule has 3 nitrogen and oxygen atoms in total. The fourth-order valence-electron chi connectivity index (χ4n) is 3.43. The summed E-state index contributed by atoms with van der Waals surface area (Å²) in [5, 5.41) is 4.29. The molecule has 25 heavy (non-hydrogen) atoms. The highest BCUT2D eigenvalue weighted by molar-refractivity contribution is 7.80. The van der Waals surface area contributed by atoms with Crippen molar-refractivity contribution in [2.24, 2.45) is 0 Å². The van der Waals surface area contributed by atoms with Crippen LogP contribution < -0.4 is 10.2 Å². The monoisotopic (exact) mass is 353 g/mol. The second-order valence-electron chi connectivity index (χ2n) is 6.89. The normalized spacial score (nSPS) is 14.6. The first-order valence-corrected chi connectivity index (χ1v) is 9.31. The third kappa shape index (κ3) is 3.79. The summed E-state index contributed by atoms with van der Waals surface area (Å²) in [6.07, 6.45) is 0. The maximum atomic E-state index is 5.67. The minimum atomic E-state index is 0.831. The van der Waals surface area contributed by atoms with Gasteiger partial charge in [-0.1, -0.05) is 30.3 Å². The number of aryl methyl sites for hydroxylation is 3. The number of para-hydroxylation sites is 1. The number of rotatable bonds is 2. The summed E-state index contributed by atoms with van der Waals surface area (Å²) in [7, 11) is 0. The molecule has 132 valence electrons. The van der Waals surface area contributed by atoms with Crippen molar-refractivity contribution in [3.8, 4) is 0 Å². The van der Waals surface area contributed by atoms with E-state index in [4.69, 9.17) is 12.2 Å². The van der Waals surface area contributed by atoms with Gasteiger partial charge in [-0.05, 0) is 68.2 Å². The van der Waals surface area contributed by atoms with Gasteiger partial charge in [0.05, 0.1) is 0 Å². The molecule has 0 spiro atoms. The highest BCUT2D eigenvalue weighted by Gasteiger charge is 2.21. The molecule has 2 aromatic carbocycles. The molecule has 0 atom stereocenters. The Morgan fingerprint density at radius 2 is 1.40 bits per heavy atom. The van der Waals surface area contributed by atoms with Crippen molar-refractivity contribution in [1.29, 1.82) is 0 Å². The number of nitrogens with one attached hydrogen (secondary N) is 1. The molecular formula is C21H27N3S. The standard InChI is InChI=1S/C21H27N3S/c1-15-7-6-10-19(18(15)4)23-11-13-24(14-12-23)21(25)22-20-16(2)8-5-9-17(20)3/h5-10H,11-14H2,1-4H3,(H,22,25). The van der Waals surface area contributed by atoms with Crippen LogP contribution in [-0.2, 0) is 0 Å². The predicted molar refractivity (Wildman–Crippen MR) is 112 cm³/mol. The highest BCUT2D eigenvalue weighted by atomic mass is 32.1. The van der Waals surface area contributed by atoms with Crippen LogP contribution in [0.2, 0.25) is 0 Å². The van der Waals surface area contributed by atoms with Crippen molar-refractivity contribution >= 4 is 28.7 Å². The number of nitrogens with zero attached hydrogens (tertiary/aromatic N) is 2. The molecule has 1 saturated heterocycles. The fourth-order valence-corrected chi connectivity index (χ4v) is 3.71. The van der Waals surface area contributed by atoms with Crippen LogP contribution in [0, 0.1) is 27.7 Å². The SMILES string of the molecule is Cc1cccc(N2CCN(C(=S)Nc3c(C)cccc3C)CC2)c1C. The topological polar surface area (TPSA) is 18.5 Å². The zero-order valence-corrected chi connectivity index (χ0v) is 16.4. The van der Waals surface area contributed by atoms with Crippen LogP contribution in [0.4, 0.5) is 11.4 Å². The van der Waals surface area contributed by atoms with Crippen LogP contribution in [0.25, 0.3) is 0 Å². The Morgan fingerprint density at radius 1 is 0.840 bits per heavy atom. The van der Waals surface area contributed by atoms with Gasteiger partial charge in [-0.25, -0.2) is 0 Å². The predicted octanol–water partition coefficient (Wildman–Crippen LogP) is 4.44. The number of hydrogen-bond acceptors (Lipinski definition) is 2. The smallest absolute Gasteiger partial charge is 0.173 e. The molecule has 1 N–H and O–H groups in total. The zero-order chi connectivity index (χ0) is 18.0. The van der Waals surface area contributed by atoms with Crippen molar-refractivity contribution in [1.82, 2.24) is 4.90 Å². The van der Waals surface area contributed by atoms with E-state index in [0.717, 1.165) is 37.0 Å². The zero-order valence-electron chi connectivity index (χ0n) is 15.6. The average Bonchev–Trinajstić information content (AvgIpc) is 2.61. The van der Waals surface area contributed by atoms with E-state index >= 15 is 0 Å². The van der Waals surface area contributed by atoms with Gasteiger partial charge >= 0.3 is 0 Å². The number of anilines is 2. The molecular weight excluding hydrogens is 326 g/mol. The molecule has 0 saturated carbocycles. The Labute approximate surface area is 156 Å². The summed E-state index contributed by atoms with van der Waals surface area (Å²) in [6, 6.07) is 12.9. The van der Waals surface area contributed by atoms with Gasteiger partial charge in [0.15, 0.2) is 5.11 Å². The maximum absolute atomic E-state index is 5.67. The summed E-state index contributed by atoms with van der Waals surface area (Å²) in [4.78, 5) is 4.75. The lowest BCUT2D eigenvalue weighted by molar-refractivity contribution is 0.390. The van der Waals surface area contributed by atoms with Crippen molar-refractivity contribution in [2.45, 2.75) is 27.7 Å². The van der Waals surface area contributed by atoms with Crippen LogP contribution in [0.15, 0.2) is 36.4 Å². The second-order valence-corrected chi connectivity index (χ2v) is 7.28. The molecule has 1 fully saturated rings. The molecule has 0 bridgehead atoms. The van der Waals surface area contributed by atoms with E-state index in [2.05, 4.69) is 79.2 Å². The first kappa shape index (κ1) is 17.7. The minimum absolute atomic E-state index is 0.831. The van der Waals surface area contributed by atoms with Gasteiger partial charge in [0, 0.05) is 37.6 Å². The lowest BCUT2D eigenvalue weighted by Crippen LogP contribution is -2.50. The second kappa shape index (κ2) is 7.44. The first-order chi connectivity index (χ1) is 12.0. The van der Waals surface area contributed by atoms with Crippen molar-refractivity contribution < 1.29 is 0 Å². The average molecular weight is 354 g/mol. The Balaban J connectivity index is 1.64. The van der Waals surface area contributed by atoms with E-state index in [1.165, 1.54) is 27.9 Å². The molecule has 0 unspecified atom stereocenters. The van der Waals surface area contributed by atoms with Gasteiger partial charge in [-0.15, -0.1) is 0 Å². The number of hydrogen-bond donors (Lipinski definition) is 1. The van der Waals surface area contributed by atoms with Crippen molar-refractivity contribution in [2.75, 3.05) is 36.4 Å². The van der Waals surface area contributed by atoms with Gasteiger partial charge in [0.2, 0.25) is 0 Å². The van der Waals surface area contributed by atoms with Crippen LogP contribution in [0.5, 0.6) is 0 Å². The Kier molecular flexibility index (Phi) is 5.28. The third-order valence-corrected chi connectivity index (χ3v) is 5.56. The van der Waals surface area contributed by atoms with Gasteiger partial charge in [-0.2, -0.15) is 0 Å². The Morgan fingerprint density at radius 3 is 2.04 bits per heavy atom. The van der Waals surface area contributed by atoms with Gasteiger partial charge < -0.3 is 15.1 Å². The lowest BCUT2D eigenvalue weighted by atomic mass is 10.1. The molecule has 0 aromatic heterocycles. The fraction of sp³-hybridized carbons (Fsp3) is 0.381. The number of piperazine rings is 1.